The average molecular weight is 534 g/mol. The number of nitrogens with zero attached hydrogens (tertiary/aromatic N) is 3. The van der Waals surface area contributed by atoms with Gasteiger partial charge in [-0.15, -0.1) is 11.8 Å². The monoisotopic (exact) mass is 533 g/mol. The molecule has 1 aromatic carbocycles. The molecule has 2 N–H and O–H groups in total. The van der Waals surface area contributed by atoms with Crippen molar-refractivity contribution in [3.05, 3.63) is 24.3 Å². The summed E-state index contributed by atoms with van der Waals surface area (Å²) in [7, 11) is 0. The molecule has 1 spiro atoms. The van der Waals surface area contributed by atoms with E-state index in [1.165, 1.54) is 24.6 Å². The molecular formula is C26H33F2N5O3S. The second-order valence-corrected chi connectivity index (χ2v) is 11.6. The van der Waals surface area contributed by atoms with E-state index in [2.05, 4.69) is 21.6 Å². The summed E-state index contributed by atoms with van der Waals surface area (Å²) in [5.74, 6) is -1.62. The van der Waals surface area contributed by atoms with Crippen molar-refractivity contribution in [3.63, 3.8) is 0 Å². The minimum Gasteiger partial charge on any atom is -0.492 e. The number of halogens is 2. The van der Waals surface area contributed by atoms with Crippen LogP contribution in [0.15, 0.2) is 24.3 Å². The molecular weight excluding hydrogens is 500 g/mol. The Hall–Kier alpha value is -2.58. The molecule has 0 bridgehead atoms. The Morgan fingerprint density at radius 3 is 2.84 bits per heavy atom. The number of ether oxygens (including phenoxy) is 1. The van der Waals surface area contributed by atoms with Crippen LogP contribution in [0.1, 0.15) is 26.2 Å². The van der Waals surface area contributed by atoms with Gasteiger partial charge in [0.05, 0.1) is 30.4 Å². The number of hydrogen-bond acceptors (Lipinski definition) is 7. The van der Waals surface area contributed by atoms with Crippen LogP contribution in [0.4, 0.5) is 14.5 Å². The number of carbonyl (C=O) groups is 2. The van der Waals surface area contributed by atoms with Crippen molar-refractivity contribution in [2.75, 3.05) is 44.6 Å². The lowest BCUT2D eigenvalue weighted by Crippen LogP contribution is -2.64. The molecule has 6 unspecified atom stereocenters. The molecule has 4 fully saturated rings. The summed E-state index contributed by atoms with van der Waals surface area (Å²) in [5, 5.41) is 15.5. The Bertz CT molecular complexity index is 1060. The highest BCUT2D eigenvalue weighted by atomic mass is 32.2. The number of carbonyl (C=O) groups excluding carboxylic acids is 2. The Balaban J connectivity index is 1.24. The first-order chi connectivity index (χ1) is 17.9. The fourth-order valence-corrected chi connectivity index (χ4v) is 8.22. The molecule has 2 amide bonds. The second-order valence-electron chi connectivity index (χ2n) is 10.2. The summed E-state index contributed by atoms with van der Waals surface area (Å²) >= 11 is 1.48. The normalized spacial score (nSPS) is 32.6. The molecule has 4 aliphatic rings. The molecule has 2 saturated carbocycles. The Kier molecular flexibility index (Phi) is 7.50. The Labute approximate surface area is 220 Å². The standard InChI is InChI=1S/C26H33F2N5O3S/c1-2-33-25(35)18-13-20(23(18)37-26(33)19(14-29)22(26)24(34)30-15-21(27)28)31-16-6-5-7-17(12-16)36-11-10-32-8-3-4-9-32/h5-7,12,18-23,31H,2-4,8-11,13,15H2,1H3,(H,30,34). The molecule has 11 heteroatoms. The van der Waals surface area contributed by atoms with Crippen molar-refractivity contribution in [1.82, 2.24) is 15.1 Å². The van der Waals surface area contributed by atoms with Gasteiger partial charge in [0, 0.05) is 36.1 Å². The Morgan fingerprint density at radius 2 is 2.14 bits per heavy atom. The van der Waals surface area contributed by atoms with Gasteiger partial charge in [-0.2, -0.15) is 5.26 Å². The molecule has 0 aromatic heterocycles. The molecule has 2 heterocycles. The van der Waals surface area contributed by atoms with Crippen molar-refractivity contribution in [2.24, 2.45) is 17.8 Å². The van der Waals surface area contributed by atoms with E-state index in [0.29, 0.717) is 19.6 Å². The number of thioether (sulfide) groups is 1. The van der Waals surface area contributed by atoms with Crippen molar-refractivity contribution in [3.8, 4) is 11.8 Å². The van der Waals surface area contributed by atoms with Crippen LogP contribution in [0, 0.1) is 29.1 Å². The highest BCUT2D eigenvalue weighted by Crippen LogP contribution is 2.68. The van der Waals surface area contributed by atoms with Crippen LogP contribution >= 0.6 is 11.8 Å². The van der Waals surface area contributed by atoms with Crippen LogP contribution in [-0.2, 0) is 9.59 Å². The topological polar surface area (TPSA) is 97.7 Å². The summed E-state index contributed by atoms with van der Waals surface area (Å²) in [4.78, 5) is 29.1. The van der Waals surface area contributed by atoms with Crippen LogP contribution in [0.5, 0.6) is 5.75 Å². The molecule has 1 aromatic rings. The minimum atomic E-state index is -2.67. The van der Waals surface area contributed by atoms with Gasteiger partial charge >= 0.3 is 0 Å². The van der Waals surface area contributed by atoms with Crippen molar-refractivity contribution in [2.45, 2.75) is 48.8 Å². The third-order valence-corrected chi connectivity index (χ3v) is 10.0. The number of anilines is 1. The van der Waals surface area contributed by atoms with E-state index in [-0.39, 0.29) is 23.1 Å². The van der Waals surface area contributed by atoms with Gasteiger partial charge in [0.25, 0.3) is 6.43 Å². The fraction of sp³-hybridized carbons (Fsp3) is 0.654. The second kappa shape index (κ2) is 10.7. The van der Waals surface area contributed by atoms with E-state index in [4.69, 9.17) is 4.74 Å². The first kappa shape index (κ1) is 26.0. The quantitative estimate of drug-likeness (QED) is 0.477. The smallest absolute Gasteiger partial charge is 0.255 e. The molecule has 37 heavy (non-hydrogen) atoms. The first-order valence-electron chi connectivity index (χ1n) is 13.1. The molecule has 2 aliphatic heterocycles. The average Bonchev–Trinajstić information content (AvgIpc) is 3.20. The molecule has 200 valence electrons. The maximum Gasteiger partial charge on any atom is 0.255 e. The van der Waals surface area contributed by atoms with E-state index in [9.17, 15) is 23.6 Å². The summed E-state index contributed by atoms with van der Waals surface area (Å²) in [5.41, 5.74) is 0.890. The predicted octanol–water partition coefficient (Wildman–Crippen LogP) is 2.77. The van der Waals surface area contributed by atoms with E-state index >= 15 is 0 Å². The van der Waals surface area contributed by atoms with Gasteiger partial charge in [0.1, 0.15) is 17.2 Å². The van der Waals surface area contributed by atoms with Gasteiger partial charge in [0.15, 0.2) is 0 Å². The number of amides is 2. The van der Waals surface area contributed by atoms with Crippen LogP contribution in [0.3, 0.4) is 0 Å². The van der Waals surface area contributed by atoms with E-state index in [1.807, 2.05) is 31.2 Å². The maximum absolute atomic E-state index is 13.3. The third kappa shape index (κ3) is 4.86. The van der Waals surface area contributed by atoms with Gasteiger partial charge in [-0.1, -0.05) is 6.07 Å². The third-order valence-electron chi connectivity index (χ3n) is 7.98. The number of nitrogens with one attached hydrogen (secondary N) is 2. The maximum atomic E-state index is 13.3. The zero-order valence-corrected chi connectivity index (χ0v) is 21.7. The van der Waals surface area contributed by atoms with Gasteiger partial charge < -0.3 is 20.3 Å². The fourth-order valence-electron chi connectivity index (χ4n) is 6.05. The highest BCUT2D eigenvalue weighted by molar-refractivity contribution is 8.01. The molecule has 2 saturated heterocycles. The van der Waals surface area contributed by atoms with E-state index in [1.54, 1.807) is 4.90 Å². The molecule has 6 atom stereocenters. The van der Waals surface area contributed by atoms with E-state index < -0.39 is 35.6 Å². The van der Waals surface area contributed by atoms with Gasteiger partial charge in [-0.3, -0.25) is 14.5 Å². The van der Waals surface area contributed by atoms with Gasteiger partial charge in [-0.05, 0) is 51.4 Å². The van der Waals surface area contributed by atoms with Crippen LogP contribution in [0.2, 0.25) is 0 Å². The van der Waals surface area contributed by atoms with Crippen molar-refractivity contribution < 1.29 is 23.1 Å². The number of alkyl halides is 2. The van der Waals surface area contributed by atoms with Crippen LogP contribution < -0.4 is 15.4 Å². The van der Waals surface area contributed by atoms with Crippen molar-refractivity contribution in [1.29, 1.82) is 5.26 Å². The molecule has 2 aliphatic carbocycles. The lowest BCUT2D eigenvalue weighted by atomic mass is 9.78. The minimum absolute atomic E-state index is 0.0144. The zero-order valence-electron chi connectivity index (χ0n) is 20.9. The Morgan fingerprint density at radius 1 is 1.35 bits per heavy atom. The zero-order chi connectivity index (χ0) is 26.2. The summed E-state index contributed by atoms with van der Waals surface area (Å²) in [6.07, 6.45) is 0.475. The summed E-state index contributed by atoms with van der Waals surface area (Å²) < 4.78 is 31.3. The number of fused-ring (bicyclic) bond motifs is 1. The van der Waals surface area contributed by atoms with E-state index in [0.717, 1.165) is 31.1 Å². The largest absolute Gasteiger partial charge is 0.492 e. The lowest BCUT2D eigenvalue weighted by molar-refractivity contribution is -0.141. The highest BCUT2D eigenvalue weighted by Gasteiger charge is 2.77. The number of benzene rings is 1. The number of hydrogen-bond donors (Lipinski definition) is 2. The number of likely N-dealkylation sites (tertiary alicyclic amines) is 1. The molecule has 0 radical (unpaired) electrons. The van der Waals surface area contributed by atoms with Crippen LogP contribution in [0.25, 0.3) is 0 Å². The first-order valence-corrected chi connectivity index (χ1v) is 13.9. The summed E-state index contributed by atoms with van der Waals surface area (Å²) in [6.45, 7) is 5.22. The number of rotatable bonds is 10. The number of nitriles is 1. The van der Waals surface area contributed by atoms with Crippen LogP contribution in [-0.4, -0.2) is 83.5 Å². The molecule has 5 rings (SSSR count). The molecule has 8 nitrogen and oxygen atoms in total. The van der Waals surface area contributed by atoms with Gasteiger partial charge in [0.2, 0.25) is 11.8 Å². The SMILES string of the molecule is CCN1C(=O)C2CC(Nc3cccc(OCCN4CCCC4)c3)C2SC12C(C#N)C2C(=O)NCC(F)F. The lowest BCUT2D eigenvalue weighted by Gasteiger charge is -2.53. The summed E-state index contributed by atoms with van der Waals surface area (Å²) in [6, 6.07) is 9.93. The van der Waals surface area contributed by atoms with Gasteiger partial charge in [-0.25, -0.2) is 8.78 Å². The van der Waals surface area contributed by atoms with Crippen molar-refractivity contribution >= 4 is 29.3 Å². The predicted molar refractivity (Wildman–Crippen MR) is 136 cm³/mol.